The second-order valence-corrected chi connectivity index (χ2v) is 4.99. The normalized spacial score (nSPS) is 12.4. The summed E-state index contributed by atoms with van der Waals surface area (Å²) in [7, 11) is 1.60. The third kappa shape index (κ3) is 3.85. The summed E-state index contributed by atoms with van der Waals surface area (Å²) >= 11 is 0. The van der Waals surface area contributed by atoms with Gasteiger partial charge in [0, 0.05) is 17.4 Å². The summed E-state index contributed by atoms with van der Waals surface area (Å²) in [5.41, 5.74) is 1.53. The van der Waals surface area contributed by atoms with Crippen molar-refractivity contribution < 1.29 is 19.0 Å². The zero-order valence-electron chi connectivity index (χ0n) is 12.8. The minimum Gasteiger partial charge on any atom is -0.497 e. The van der Waals surface area contributed by atoms with Crippen LogP contribution in [0.2, 0.25) is 0 Å². The van der Waals surface area contributed by atoms with Crippen molar-refractivity contribution in [3.8, 4) is 17.2 Å². The van der Waals surface area contributed by atoms with Crippen molar-refractivity contribution in [3.05, 3.63) is 42.5 Å². The van der Waals surface area contributed by atoms with Crippen molar-refractivity contribution in [2.45, 2.75) is 0 Å². The zero-order chi connectivity index (χ0) is 16.1. The topological polar surface area (TPSA) is 68.8 Å². The summed E-state index contributed by atoms with van der Waals surface area (Å²) in [6.45, 7) is 1.25. The lowest BCUT2D eigenvalue weighted by molar-refractivity contribution is -0.114. The Kier molecular flexibility index (Phi) is 4.52. The number of amides is 1. The van der Waals surface area contributed by atoms with Crippen LogP contribution in [-0.4, -0.2) is 32.8 Å². The Bertz CT molecular complexity index is 685. The number of benzene rings is 2. The molecule has 0 spiro atoms. The van der Waals surface area contributed by atoms with Crippen molar-refractivity contribution in [3.63, 3.8) is 0 Å². The van der Waals surface area contributed by atoms with Gasteiger partial charge in [0.25, 0.3) is 0 Å². The van der Waals surface area contributed by atoms with Gasteiger partial charge in [0.1, 0.15) is 19.0 Å². The van der Waals surface area contributed by atoms with Crippen molar-refractivity contribution in [2.75, 3.05) is 37.5 Å². The molecule has 1 amide bonds. The molecule has 0 saturated carbocycles. The third-order valence-electron chi connectivity index (χ3n) is 3.37. The molecule has 0 saturated heterocycles. The summed E-state index contributed by atoms with van der Waals surface area (Å²) in [4.78, 5) is 12.0. The number of hydrogen-bond acceptors (Lipinski definition) is 5. The summed E-state index contributed by atoms with van der Waals surface area (Å²) in [5, 5.41) is 5.88. The van der Waals surface area contributed by atoms with Gasteiger partial charge in [-0.15, -0.1) is 0 Å². The first kappa shape index (κ1) is 15.0. The van der Waals surface area contributed by atoms with Gasteiger partial charge in [0.2, 0.25) is 5.91 Å². The predicted molar refractivity (Wildman–Crippen MR) is 87.5 cm³/mol. The number of anilines is 2. The largest absolute Gasteiger partial charge is 0.497 e. The van der Waals surface area contributed by atoms with E-state index in [4.69, 9.17) is 14.2 Å². The molecule has 1 aliphatic rings. The first-order chi connectivity index (χ1) is 11.2. The van der Waals surface area contributed by atoms with Gasteiger partial charge in [-0.2, -0.15) is 0 Å². The van der Waals surface area contributed by atoms with Gasteiger partial charge in [-0.05, 0) is 36.4 Å². The van der Waals surface area contributed by atoms with Crippen LogP contribution in [0.15, 0.2) is 42.5 Å². The lowest BCUT2D eigenvalue weighted by atomic mass is 10.2. The molecule has 120 valence electrons. The second kappa shape index (κ2) is 6.91. The Hall–Kier alpha value is -2.89. The van der Waals surface area contributed by atoms with Gasteiger partial charge in [-0.3, -0.25) is 4.79 Å². The molecule has 23 heavy (non-hydrogen) atoms. The van der Waals surface area contributed by atoms with Gasteiger partial charge in [-0.1, -0.05) is 0 Å². The van der Waals surface area contributed by atoms with E-state index in [9.17, 15) is 4.79 Å². The number of nitrogens with one attached hydrogen (secondary N) is 2. The van der Waals surface area contributed by atoms with Gasteiger partial charge < -0.3 is 24.8 Å². The van der Waals surface area contributed by atoms with E-state index in [1.54, 1.807) is 31.4 Å². The fourth-order valence-corrected chi connectivity index (χ4v) is 2.22. The first-order valence-electron chi connectivity index (χ1n) is 7.32. The molecule has 0 unspecified atom stereocenters. The lowest BCUT2D eigenvalue weighted by Gasteiger charge is -2.19. The minimum absolute atomic E-state index is 0.134. The first-order valence-corrected chi connectivity index (χ1v) is 7.32. The third-order valence-corrected chi connectivity index (χ3v) is 3.37. The molecule has 2 aromatic carbocycles. The van der Waals surface area contributed by atoms with Crippen LogP contribution in [0.25, 0.3) is 0 Å². The fraction of sp³-hybridized carbons (Fsp3) is 0.235. The number of fused-ring (bicyclic) bond motifs is 1. The maximum Gasteiger partial charge on any atom is 0.243 e. The molecule has 6 heteroatoms. The van der Waals surface area contributed by atoms with E-state index >= 15 is 0 Å². The molecule has 1 heterocycles. The molecule has 2 aromatic rings. The van der Waals surface area contributed by atoms with E-state index in [-0.39, 0.29) is 12.5 Å². The highest BCUT2D eigenvalue weighted by Gasteiger charge is 2.12. The van der Waals surface area contributed by atoms with Gasteiger partial charge in [-0.25, -0.2) is 0 Å². The van der Waals surface area contributed by atoms with E-state index in [2.05, 4.69) is 10.6 Å². The highest BCUT2D eigenvalue weighted by atomic mass is 16.6. The lowest BCUT2D eigenvalue weighted by Crippen LogP contribution is -2.22. The standard InChI is InChI=1S/C17H18N2O4/c1-21-14-5-2-12(3-6-14)19-17(20)11-18-13-4-7-15-16(10-13)23-9-8-22-15/h2-7,10,18H,8-9,11H2,1H3,(H,19,20). The maximum atomic E-state index is 12.0. The van der Waals surface area contributed by atoms with E-state index in [0.717, 1.165) is 22.9 Å². The number of rotatable bonds is 5. The molecule has 1 aliphatic heterocycles. The van der Waals surface area contributed by atoms with Crippen LogP contribution in [0.1, 0.15) is 0 Å². The summed E-state index contributed by atoms with van der Waals surface area (Å²) in [5.74, 6) is 2.03. The Morgan fingerprint density at radius 1 is 1.04 bits per heavy atom. The van der Waals surface area contributed by atoms with E-state index in [0.29, 0.717) is 19.0 Å². The van der Waals surface area contributed by atoms with Crippen molar-refractivity contribution in [2.24, 2.45) is 0 Å². The van der Waals surface area contributed by atoms with Crippen LogP contribution in [0.4, 0.5) is 11.4 Å². The number of carbonyl (C=O) groups excluding carboxylic acids is 1. The SMILES string of the molecule is COc1ccc(NC(=O)CNc2ccc3c(c2)OCCO3)cc1. The molecular formula is C17H18N2O4. The molecule has 6 nitrogen and oxygen atoms in total. The predicted octanol–water partition coefficient (Wildman–Crippen LogP) is 2.52. The minimum atomic E-state index is -0.134. The Morgan fingerprint density at radius 3 is 2.48 bits per heavy atom. The molecule has 2 N–H and O–H groups in total. The van der Waals surface area contributed by atoms with Crippen LogP contribution < -0.4 is 24.8 Å². The van der Waals surface area contributed by atoms with E-state index < -0.39 is 0 Å². The Labute approximate surface area is 134 Å². The maximum absolute atomic E-state index is 12.0. The van der Waals surface area contributed by atoms with Crippen LogP contribution >= 0.6 is 0 Å². The molecular weight excluding hydrogens is 296 g/mol. The molecule has 0 radical (unpaired) electrons. The fourth-order valence-electron chi connectivity index (χ4n) is 2.22. The molecule has 3 rings (SSSR count). The van der Waals surface area contributed by atoms with Gasteiger partial charge in [0.05, 0.1) is 13.7 Å². The smallest absolute Gasteiger partial charge is 0.243 e. The van der Waals surface area contributed by atoms with Crippen molar-refractivity contribution in [1.82, 2.24) is 0 Å². The number of carbonyl (C=O) groups is 1. The Morgan fingerprint density at radius 2 is 1.74 bits per heavy atom. The quantitative estimate of drug-likeness (QED) is 0.887. The monoisotopic (exact) mass is 314 g/mol. The molecule has 0 bridgehead atoms. The second-order valence-electron chi connectivity index (χ2n) is 4.99. The van der Waals surface area contributed by atoms with Crippen LogP contribution in [0, 0.1) is 0 Å². The summed E-state index contributed by atoms with van der Waals surface area (Å²) in [6.07, 6.45) is 0. The van der Waals surface area contributed by atoms with Gasteiger partial charge in [0.15, 0.2) is 11.5 Å². The van der Waals surface area contributed by atoms with Crippen molar-refractivity contribution in [1.29, 1.82) is 0 Å². The zero-order valence-corrected chi connectivity index (χ0v) is 12.8. The van der Waals surface area contributed by atoms with Crippen LogP contribution in [0.5, 0.6) is 17.2 Å². The molecule has 0 fully saturated rings. The highest BCUT2D eigenvalue weighted by molar-refractivity contribution is 5.93. The average molecular weight is 314 g/mol. The number of hydrogen-bond donors (Lipinski definition) is 2. The van der Waals surface area contributed by atoms with Crippen LogP contribution in [0.3, 0.4) is 0 Å². The summed E-state index contributed by atoms with van der Waals surface area (Å²) in [6, 6.07) is 12.7. The van der Waals surface area contributed by atoms with Crippen LogP contribution in [-0.2, 0) is 4.79 Å². The summed E-state index contributed by atoms with van der Waals surface area (Å²) < 4.78 is 16.0. The van der Waals surface area contributed by atoms with Crippen molar-refractivity contribution >= 4 is 17.3 Å². The molecule has 0 aromatic heterocycles. The van der Waals surface area contributed by atoms with Gasteiger partial charge >= 0.3 is 0 Å². The van der Waals surface area contributed by atoms with E-state index in [1.807, 2.05) is 18.2 Å². The molecule has 0 aliphatic carbocycles. The number of methoxy groups -OCH3 is 1. The Balaban J connectivity index is 1.54. The number of ether oxygens (including phenoxy) is 3. The van der Waals surface area contributed by atoms with E-state index in [1.165, 1.54) is 0 Å². The highest BCUT2D eigenvalue weighted by Crippen LogP contribution is 2.32. The average Bonchev–Trinajstić information content (AvgIpc) is 2.60. The molecule has 0 atom stereocenters.